The lowest BCUT2D eigenvalue weighted by Gasteiger charge is -2.07. The monoisotopic (exact) mass is 248 g/mol. The predicted molar refractivity (Wildman–Crippen MR) is 70.7 cm³/mol. The highest BCUT2D eigenvalue weighted by Gasteiger charge is 2.11. The number of aryl methyl sites for hydroxylation is 1. The zero-order chi connectivity index (χ0) is 12.7. The maximum atomic E-state index is 9.03. The van der Waals surface area contributed by atoms with Gasteiger partial charge in [-0.05, 0) is 12.8 Å². The van der Waals surface area contributed by atoms with Gasteiger partial charge in [0.1, 0.15) is 17.5 Å². The van der Waals surface area contributed by atoms with Crippen LogP contribution in [0.4, 0.5) is 5.82 Å². The molecule has 0 aliphatic rings. The minimum Gasteiger partial charge on any atom is -0.382 e. The van der Waals surface area contributed by atoms with E-state index in [1.165, 1.54) is 11.8 Å². The van der Waals surface area contributed by atoms with Crippen molar-refractivity contribution in [2.24, 2.45) is 0 Å². The lowest BCUT2D eigenvalue weighted by atomic mass is 10.1. The summed E-state index contributed by atoms with van der Waals surface area (Å²) in [7, 11) is 0. The smallest absolute Gasteiger partial charge is 0.190 e. The second kappa shape index (κ2) is 6.92. The molecule has 0 saturated carbocycles. The maximum absolute atomic E-state index is 9.03. The van der Waals surface area contributed by atoms with E-state index >= 15 is 0 Å². The van der Waals surface area contributed by atoms with Gasteiger partial charge >= 0.3 is 0 Å². The first-order chi connectivity index (χ1) is 8.22. The van der Waals surface area contributed by atoms with Gasteiger partial charge in [0.25, 0.3) is 0 Å². The first kappa shape index (κ1) is 13.5. The van der Waals surface area contributed by atoms with Crippen molar-refractivity contribution < 1.29 is 0 Å². The van der Waals surface area contributed by atoms with E-state index in [1.807, 2.05) is 0 Å². The van der Waals surface area contributed by atoms with Gasteiger partial charge in [-0.1, -0.05) is 31.2 Å². The number of thioether (sulfide) groups is 1. The molecular formula is C12H16N4S. The van der Waals surface area contributed by atoms with Crippen LogP contribution in [-0.4, -0.2) is 15.7 Å². The van der Waals surface area contributed by atoms with Gasteiger partial charge in [-0.3, -0.25) is 0 Å². The third kappa shape index (κ3) is 3.75. The van der Waals surface area contributed by atoms with Crippen LogP contribution in [0.3, 0.4) is 0 Å². The molecule has 0 radical (unpaired) electrons. The van der Waals surface area contributed by atoms with Gasteiger partial charge in [-0.2, -0.15) is 5.26 Å². The summed E-state index contributed by atoms with van der Waals surface area (Å²) >= 11 is 1.47. The molecule has 0 fully saturated rings. The predicted octanol–water partition coefficient (Wildman–Crippen LogP) is 2.55. The Kier molecular flexibility index (Phi) is 5.50. The molecule has 1 aromatic rings. The number of nitriles is 1. The van der Waals surface area contributed by atoms with Gasteiger partial charge in [0, 0.05) is 5.75 Å². The molecule has 1 heterocycles. The standard InChI is InChI=1S/C12H16N4S/c1-3-5-6-10-9(8-13)11(14)16-12(15-10)17-7-4-2/h4H,2-3,5-7H2,1H3,(H2,14,15,16). The van der Waals surface area contributed by atoms with E-state index in [0.717, 1.165) is 30.7 Å². The van der Waals surface area contributed by atoms with Crippen molar-refractivity contribution in [3.63, 3.8) is 0 Å². The minimum atomic E-state index is 0.278. The lowest BCUT2D eigenvalue weighted by Crippen LogP contribution is -2.05. The Bertz CT molecular complexity index is 437. The quantitative estimate of drug-likeness (QED) is 0.475. The highest BCUT2D eigenvalue weighted by Crippen LogP contribution is 2.20. The third-order valence-electron chi connectivity index (χ3n) is 2.20. The van der Waals surface area contributed by atoms with Crippen LogP contribution in [0.15, 0.2) is 17.8 Å². The number of rotatable bonds is 6. The molecule has 1 rings (SSSR count). The number of anilines is 1. The molecule has 0 aliphatic heterocycles. The summed E-state index contributed by atoms with van der Waals surface area (Å²) in [6, 6.07) is 2.08. The van der Waals surface area contributed by atoms with Crippen LogP contribution in [0.5, 0.6) is 0 Å². The Balaban J connectivity index is 3.01. The summed E-state index contributed by atoms with van der Waals surface area (Å²) in [6.07, 6.45) is 4.61. The van der Waals surface area contributed by atoms with Gasteiger partial charge in [0.05, 0.1) is 5.69 Å². The highest BCUT2D eigenvalue weighted by molar-refractivity contribution is 7.99. The van der Waals surface area contributed by atoms with Crippen molar-refractivity contribution in [2.45, 2.75) is 31.3 Å². The topological polar surface area (TPSA) is 75.6 Å². The molecule has 0 aliphatic carbocycles. The Morgan fingerprint density at radius 2 is 2.29 bits per heavy atom. The van der Waals surface area contributed by atoms with Crippen molar-refractivity contribution in [1.29, 1.82) is 5.26 Å². The number of hydrogen-bond donors (Lipinski definition) is 1. The number of nitrogens with zero attached hydrogens (tertiary/aromatic N) is 3. The molecule has 4 nitrogen and oxygen atoms in total. The second-order valence-electron chi connectivity index (χ2n) is 3.53. The lowest BCUT2D eigenvalue weighted by molar-refractivity contribution is 0.755. The molecule has 0 amide bonds. The Labute approximate surface area is 106 Å². The molecule has 90 valence electrons. The normalized spacial score (nSPS) is 9.88. The summed E-state index contributed by atoms with van der Waals surface area (Å²) in [5, 5.41) is 9.65. The number of nitrogen functional groups attached to an aromatic ring is 1. The molecule has 0 bridgehead atoms. The summed E-state index contributed by atoms with van der Waals surface area (Å²) in [5.74, 6) is 1.01. The van der Waals surface area contributed by atoms with E-state index < -0.39 is 0 Å². The summed E-state index contributed by atoms with van der Waals surface area (Å²) in [6.45, 7) is 5.75. The molecule has 0 atom stereocenters. The fourth-order valence-electron chi connectivity index (χ4n) is 1.35. The highest BCUT2D eigenvalue weighted by atomic mass is 32.2. The SMILES string of the molecule is C=CCSc1nc(N)c(C#N)c(CCCC)n1. The second-order valence-corrected chi connectivity index (χ2v) is 4.52. The van der Waals surface area contributed by atoms with Gasteiger partial charge < -0.3 is 5.73 Å². The minimum absolute atomic E-state index is 0.278. The maximum Gasteiger partial charge on any atom is 0.190 e. The van der Waals surface area contributed by atoms with Gasteiger partial charge in [-0.15, -0.1) is 6.58 Å². The first-order valence-electron chi connectivity index (χ1n) is 5.53. The summed E-state index contributed by atoms with van der Waals surface area (Å²) in [4.78, 5) is 8.49. The van der Waals surface area contributed by atoms with Crippen molar-refractivity contribution in [3.8, 4) is 6.07 Å². The molecular weight excluding hydrogens is 232 g/mol. The van der Waals surface area contributed by atoms with Crippen LogP contribution in [0.25, 0.3) is 0 Å². The molecule has 0 saturated heterocycles. The number of aromatic nitrogens is 2. The fraction of sp³-hybridized carbons (Fsp3) is 0.417. The molecule has 0 aromatic carbocycles. The summed E-state index contributed by atoms with van der Waals surface area (Å²) < 4.78 is 0. The van der Waals surface area contributed by atoms with Crippen molar-refractivity contribution in [3.05, 3.63) is 23.9 Å². The van der Waals surface area contributed by atoms with Crippen molar-refractivity contribution in [2.75, 3.05) is 11.5 Å². The Hall–Kier alpha value is -1.54. The van der Waals surface area contributed by atoms with Crippen molar-refractivity contribution in [1.82, 2.24) is 9.97 Å². The molecule has 0 unspecified atom stereocenters. The molecule has 1 aromatic heterocycles. The van der Waals surface area contributed by atoms with Crippen LogP contribution >= 0.6 is 11.8 Å². The Morgan fingerprint density at radius 3 is 2.88 bits per heavy atom. The van der Waals surface area contributed by atoms with E-state index in [2.05, 4.69) is 29.5 Å². The van der Waals surface area contributed by atoms with Gasteiger partial charge in [-0.25, -0.2) is 9.97 Å². The molecule has 2 N–H and O–H groups in total. The number of unbranched alkanes of at least 4 members (excludes halogenated alkanes) is 1. The van der Waals surface area contributed by atoms with E-state index in [9.17, 15) is 0 Å². The van der Waals surface area contributed by atoms with E-state index in [4.69, 9.17) is 11.0 Å². The Morgan fingerprint density at radius 1 is 1.53 bits per heavy atom. The molecule has 0 spiro atoms. The van der Waals surface area contributed by atoms with Crippen LogP contribution in [0, 0.1) is 11.3 Å². The average molecular weight is 248 g/mol. The summed E-state index contributed by atoms with van der Waals surface area (Å²) in [5.41, 5.74) is 6.94. The third-order valence-corrected chi connectivity index (χ3v) is 3.04. The zero-order valence-corrected chi connectivity index (χ0v) is 10.8. The van der Waals surface area contributed by atoms with Crippen molar-refractivity contribution >= 4 is 17.6 Å². The van der Waals surface area contributed by atoms with E-state index in [0.29, 0.717) is 10.7 Å². The van der Waals surface area contributed by atoms with Crippen LogP contribution in [0.2, 0.25) is 0 Å². The zero-order valence-electron chi connectivity index (χ0n) is 9.94. The first-order valence-corrected chi connectivity index (χ1v) is 6.51. The van der Waals surface area contributed by atoms with E-state index in [1.54, 1.807) is 6.08 Å². The number of hydrogen-bond acceptors (Lipinski definition) is 5. The molecule has 17 heavy (non-hydrogen) atoms. The van der Waals surface area contributed by atoms with Crippen LogP contribution < -0.4 is 5.73 Å². The largest absolute Gasteiger partial charge is 0.382 e. The van der Waals surface area contributed by atoms with E-state index in [-0.39, 0.29) is 5.82 Å². The van der Waals surface area contributed by atoms with Gasteiger partial charge in [0.2, 0.25) is 0 Å². The number of nitrogens with two attached hydrogens (primary N) is 1. The average Bonchev–Trinajstić information content (AvgIpc) is 2.33. The van der Waals surface area contributed by atoms with Crippen LogP contribution in [-0.2, 0) is 6.42 Å². The van der Waals surface area contributed by atoms with Crippen LogP contribution in [0.1, 0.15) is 31.0 Å². The van der Waals surface area contributed by atoms with Gasteiger partial charge in [0.15, 0.2) is 5.16 Å². The molecule has 5 heteroatoms. The fourth-order valence-corrected chi connectivity index (χ4v) is 1.95.